The topological polar surface area (TPSA) is 90.4 Å². The lowest BCUT2D eigenvalue weighted by Gasteiger charge is -2.40. The lowest BCUT2D eigenvalue weighted by molar-refractivity contribution is -0.151. The first kappa shape index (κ1) is 29.5. The molecular weight excluding hydrogens is 590 g/mol. The van der Waals surface area contributed by atoms with E-state index in [9.17, 15) is 19.5 Å². The van der Waals surface area contributed by atoms with E-state index in [2.05, 4.69) is 0 Å². The summed E-state index contributed by atoms with van der Waals surface area (Å²) < 4.78 is 6.97. The quantitative estimate of drug-likeness (QED) is 0.407. The number of ether oxygens (including phenoxy) is 1. The average Bonchev–Trinajstić information content (AvgIpc) is 3.32. The van der Waals surface area contributed by atoms with E-state index < -0.39 is 53.5 Å². The van der Waals surface area contributed by atoms with Crippen molar-refractivity contribution in [1.82, 2.24) is 9.80 Å². The van der Waals surface area contributed by atoms with Gasteiger partial charge in [-0.2, -0.15) is 0 Å². The lowest BCUT2D eigenvalue weighted by Crippen LogP contribution is -2.57. The summed E-state index contributed by atoms with van der Waals surface area (Å²) in [5.74, 6) is -2.92. The molecule has 0 bridgehead atoms. The summed E-state index contributed by atoms with van der Waals surface area (Å²) in [4.78, 5) is 49.1. The smallest absolute Gasteiger partial charge is 0.253 e. The normalized spacial score (nSPS) is 29.7. The molecule has 8 nitrogen and oxygen atoms in total. The highest BCUT2D eigenvalue weighted by Crippen LogP contribution is 2.59. The minimum absolute atomic E-state index is 0.194. The molecule has 3 aromatic rings. The monoisotopic (exact) mass is 623 g/mol. The van der Waals surface area contributed by atoms with Crippen molar-refractivity contribution in [1.29, 1.82) is 0 Å². The van der Waals surface area contributed by atoms with Gasteiger partial charge in [0.2, 0.25) is 11.8 Å². The third-order valence-corrected chi connectivity index (χ3v) is 9.95. The average molecular weight is 624 g/mol. The Labute approximate surface area is 267 Å². The van der Waals surface area contributed by atoms with Crippen molar-refractivity contribution in [2.24, 2.45) is 11.8 Å². The summed E-state index contributed by atoms with van der Waals surface area (Å²) in [6, 6.07) is 23.9. The number of amides is 3. The molecule has 230 valence electrons. The second kappa shape index (κ2) is 11.3. The molecule has 0 aromatic heterocycles. The number of para-hydroxylation sites is 1. The van der Waals surface area contributed by atoms with E-state index in [1.165, 1.54) is 4.90 Å². The number of rotatable bonds is 6. The number of benzene rings is 3. The summed E-state index contributed by atoms with van der Waals surface area (Å²) in [6.45, 7) is 2.33. The van der Waals surface area contributed by atoms with Crippen LogP contribution in [0.4, 0.5) is 5.69 Å². The molecule has 4 heterocycles. The van der Waals surface area contributed by atoms with Crippen molar-refractivity contribution >= 4 is 35.0 Å². The Kier molecular flexibility index (Phi) is 7.39. The van der Waals surface area contributed by atoms with Gasteiger partial charge in [-0.05, 0) is 30.2 Å². The van der Waals surface area contributed by atoms with Crippen LogP contribution in [0, 0.1) is 11.8 Å². The van der Waals surface area contributed by atoms with Crippen LogP contribution in [0.2, 0.25) is 5.02 Å². The standard InChI is InChI=1S/C36H34ClN3O5/c1-35-18-10-20-38(22-24-12-4-2-5-13-24)32(42)29(35)30-33(43)40(28(23-41)25-14-6-3-7-15-25)31-34(44)39(21-11-19-36(30,31)45-35)27-17-9-8-16-26(27)37/h2-19,28-31,41H,20-23H2,1H3/t28-,29-,30+,31?,35+,36+/m1/s1. The van der Waals surface area contributed by atoms with Crippen molar-refractivity contribution in [2.75, 3.05) is 24.6 Å². The van der Waals surface area contributed by atoms with Crippen LogP contribution in [0.1, 0.15) is 24.1 Å². The second-order valence-corrected chi connectivity index (χ2v) is 12.7. The zero-order chi connectivity index (χ0) is 31.3. The van der Waals surface area contributed by atoms with Crippen LogP contribution in [0.25, 0.3) is 0 Å². The molecule has 6 atom stereocenters. The second-order valence-electron chi connectivity index (χ2n) is 12.3. The van der Waals surface area contributed by atoms with E-state index in [1.807, 2.05) is 85.8 Å². The molecule has 2 fully saturated rings. The highest BCUT2D eigenvalue weighted by Gasteiger charge is 2.75. The first-order valence-electron chi connectivity index (χ1n) is 15.2. The zero-order valence-electron chi connectivity index (χ0n) is 24.8. The number of fused-ring (bicyclic) bond motifs is 2. The molecule has 7 rings (SSSR count). The first-order chi connectivity index (χ1) is 21.8. The molecule has 4 aliphatic heterocycles. The Hall–Kier alpha value is -4.24. The third-order valence-electron chi connectivity index (χ3n) is 9.63. The van der Waals surface area contributed by atoms with Gasteiger partial charge in [0.1, 0.15) is 11.6 Å². The van der Waals surface area contributed by atoms with Crippen LogP contribution in [-0.4, -0.2) is 69.6 Å². The van der Waals surface area contributed by atoms with E-state index in [4.69, 9.17) is 16.3 Å². The highest BCUT2D eigenvalue weighted by atomic mass is 35.5. The van der Waals surface area contributed by atoms with Gasteiger partial charge in [-0.25, -0.2) is 0 Å². The fourth-order valence-electron chi connectivity index (χ4n) is 7.71. The van der Waals surface area contributed by atoms with Gasteiger partial charge in [0, 0.05) is 19.6 Å². The van der Waals surface area contributed by atoms with E-state index in [0.29, 0.717) is 29.4 Å². The summed E-state index contributed by atoms with van der Waals surface area (Å²) in [5.41, 5.74) is -0.474. The van der Waals surface area contributed by atoms with E-state index in [1.54, 1.807) is 40.1 Å². The van der Waals surface area contributed by atoms with Gasteiger partial charge in [-0.15, -0.1) is 0 Å². The van der Waals surface area contributed by atoms with E-state index in [0.717, 1.165) is 5.56 Å². The number of likely N-dealkylation sites (tertiary alicyclic amines) is 1. The van der Waals surface area contributed by atoms with Crippen molar-refractivity contribution < 1.29 is 24.2 Å². The van der Waals surface area contributed by atoms with E-state index in [-0.39, 0.29) is 12.5 Å². The fourth-order valence-corrected chi connectivity index (χ4v) is 7.95. The van der Waals surface area contributed by atoms with Crippen molar-refractivity contribution in [3.05, 3.63) is 125 Å². The number of hydrogen-bond donors (Lipinski definition) is 1. The molecule has 2 saturated heterocycles. The lowest BCUT2D eigenvalue weighted by atomic mass is 9.74. The van der Waals surface area contributed by atoms with Crippen LogP contribution in [0.5, 0.6) is 0 Å². The van der Waals surface area contributed by atoms with Gasteiger partial charge in [-0.3, -0.25) is 14.4 Å². The molecule has 9 heteroatoms. The van der Waals surface area contributed by atoms with Gasteiger partial charge in [0.05, 0.1) is 40.8 Å². The summed E-state index contributed by atoms with van der Waals surface area (Å²) >= 11 is 6.59. The summed E-state index contributed by atoms with van der Waals surface area (Å²) in [6.07, 6.45) is 7.41. The summed E-state index contributed by atoms with van der Waals surface area (Å²) in [7, 11) is 0. The maximum absolute atomic E-state index is 14.9. The molecule has 1 unspecified atom stereocenters. The largest absolute Gasteiger partial charge is 0.394 e. The zero-order valence-corrected chi connectivity index (χ0v) is 25.6. The highest BCUT2D eigenvalue weighted by molar-refractivity contribution is 6.34. The first-order valence-corrected chi connectivity index (χ1v) is 15.6. The summed E-state index contributed by atoms with van der Waals surface area (Å²) in [5, 5.41) is 11.2. The number of halogens is 1. The Balaban J connectivity index is 1.37. The molecule has 45 heavy (non-hydrogen) atoms. The van der Waals surface area contributed by atoms with Gasteiger partial charge in [-0.1, -0.05) is 109 Å². The molecule has 3 aromatic carbocycles. The molecule has 0 saturated carbocycles. The van der Waals surface area contributed by atoms with E-state index >= 15 is 0 Å². The van der Waals surface area contributed by atoms with Crippen LogP contribution < -0.4 is 4.90 Å². The molecule has 1 spiro atoms. The SMILES string of the molecule is C[C@]12C=CCN(Cc3ccccc3)C(=O)[C@H]1[C@H]1C(=O)N([C@H](CO)c3ccccc3)C3C(=O)N(c4ccccc4Cl)CC=C[C@@]31O2. The number of nitrogens with zero attached hydrogens (tertiary/aromatic N) is 3. The minimum Gasteiger partial charge on any atom is -0.394 e. The maximum Gasteiger partial charge on any atom is 0.253 e. The number of carbonyl (C=O) groups excluding carboxylic acids is 3. The Morgan fingerprint density at radius 3 is 2.22 bits per heavy atom. The fraction of sp³-hybridized carbons (Fsp3) is 0.306. The predicted molar refractivity (Wildman–Crippen MR) is 170 cm³/mol. The molecule has 0 radical (unpaired) electrons. The van der Waals surface area contributed by atoms with Gasteiger partial charge in [0.15, 0.2) is 0 Å². The Morgan fingerprint density at radius 1 is 0.844 bits per heavy atom. The molecule has 1 N–H and O–H groups in total. The van der Waals surface area contributed by atoms with Gasteiger partial charge in [0.25, 0.3) is 5.91 Å². The molecule has 3 amide bonds. The Morgan fingerprint density at radius 2 is 1.51 bits per heavy atom. The Bertz CT molecular complexity index is 1700. The maximum atomic E-state index is 14.9. The number of aliphatic hydroxyl groups is 1. The van der Waals surface area contributed by atoms with Crippen LogP contribution >= 0.6 is 11.6 Å². The van der Waals surface area contributed by atoms with Gasteiger partial charge >= 0.3 is 0 Å². The van der Waals surface area contributed by atoms with Crippen LogP contribution in [0.15, 0.2) is 109 Å². The van der Waals surface area contributed by atoms with Crippen molar-refractivity contribution in [3.63, 3.8) is 0 Å². The van der Waals surface area contributed by atoms with Gasteiger partial charge < -0.3 is 24.5 Å². The van der Waals surface area contributed by atoms with Crippen LogP contribution in [-0.2, 0) is 25.7 Å². The number of aliphatic hydroxyl groups excluding tert-OH is 1. The predicted octanol–water partition coefficient (Wildman–Crippen LogP) is 4.55. The third kappa shape index (κ3) is 4.62. The van der Waals surface area contributed by atoms with Crippen molar-refractivity contribution in [3.8, 4) is 0 Å². The molecule has 0 aliphatic carbocycles. The molecular formula is C36H34ClN3O5. The van der Waals surface area contributed by atoms with Crippen molar-refractivity contribution in [2.45, 2.75) is 36.8 Å². The number of anilines is 1. The minimum atomic E-state index is -1.47. The molecule has 4 aliphatic rings. The number of hydrogen-bond acceptors (Lipinski definition) is 5. The number of carbonyl (C=O) groups is 3. The van der Waals surface area contributed by atoms with Crippen LogP contribution in [0.3, 0.4) is 0 Å².